The van der Waals surface area contributed by atoms with E-state index in [9.17, 15) is 4.79 Å². The minimum absolute atomic E-state index is 0. The zero-order valence-corrected chi connectivity index (χ0v) is 13.0. The molecule has 3 aromatic rings. The average molecular weight is 330 g/mol. The maximum atomic E-state index is 11.5. The maximum Gasteiger partial charge on any atom is 0.250 e. The normalized spacial score (nSPS) is 10.1. The third kappa shape index (κ3) is 3.49. The number of nitrogens with zero attached hydrogens (tertiary/aromatic N) is 2. The van der Waals surface area contributed by atoms with Crippen LogP contribution in [-0.4, -0.2) is 15.9 Å². The number of primary amides is 1. The minimum atomic E-state index is -0.508. The zero-order valence-electron chi connectivity index (χ0n) is 12.2. The quantitative estimate of drug-likeness (QED) is 0.637. The highest BCUT2D eigenvalue weighted by molar-refractivity contribution is 6.06. The number of carbonyl (C=O) groups excluding carboxylic acids is 1. The molecule has 23 heavy (non-hydrogen) atoms. The molecule has 118 valence electrons. The van der Waals surface area contributed by atoms with Gasteiger partial charge in [0.2, 0.25) is 0 Å². The van der Waals surface area contributed by atoms with Crippen LogP contribution in [0.3, 0.4) is 0 Å². The van der Waals surface area contributed by atoms with Gasteiger partial charge in [-0.2, -0.15) is 0 Å². The number of nitrogens with one attached hydrogen (secondary N) is 1. The van der Waals surface area contributed by atoms with E-state index in [1.54, 1.807) is 12.1 Å². The van der Waals surface area contributed by atoms with E-state index in [-0.39, 0.29) is 12.4 Å². The van der Waals surface area contributed by atoms with Gasteiger partial charge in [-0.3, -0.25) is 4.79 Å². The second-order valence-electron chi connectivity index (χ2n) is 4.89. The van der Waals surface area contributed by atoms with Crippen molar-refractivity contribution in [1.29, 1.82) is 0 Å². The Balaban J connectivity index is 0.00000192. The molecule has 7 heteroatoms. The van der Waals surface area contributed by atoms with Crippen LogP contribution in [0.4, 0.5) is 11.5 Å². The Hall–Kier alpha value is -2.86. The largest absolute Gasteiger partial charge is 0.399 e. The van der Waals surface area contributed by atoms with Gasteiger partial charge in [-0.15, -0.1) is 12.4 Å². The van der Waals surface area contributed by atoms with Gasteiger partial charge >= 0.3 is 0 Å². The number of halogens is 1. The number of hydrogen-bond donors (Lipinski definition) is 3. The summed E-state index contributed by atoms with van der Waals surface area (Å²) < 4.78 is 0. The Morgan fingerprint density at radius 3 is 2.65 bits per heavy atom. The molecule has 0 fully saturated rings. The van der Waals surface area contributed by atoms with E-state index in [4.69, 9.17) is 11.5 Å². The Morgan fingerprint density at radius 1 is 1.13 bits per heavy atom. The van der Waals surface area contributed by atoms with Crippen molar-refractivity contribution in [3.8, 4) is 0 Å². The molecule has 0 saturated heterocycles. The summed E-state index contributed by atoms with van der Waals surface area (Å²) in [7, 11) is 0. The number of aromatic nitrogens is 2. The van der Waals surface area contributed by atoms with Gasteiger partial charge in [-0.1, -0.05) is 18.2 Å². The molecule has 0 saturated carbocycles. The van der Waals surface area contributed by atoms with E-state index in [0.717, 1.165) is 10.9 Å². The number of fused-ring (bicyclic) bond motifs is 1. The number of benzene rings is 2. The van der Waals surface area contributed by atoms with Crippen LogP contribution in [0, 0.1) is 0 Å². The Labute approximate surface area is 139 Å². The summed E-state index contributed by atoms with van der Waals surface area (Å²) in [4.78, 5) is 19.9. The van der Waals surface area contributed by atoms with Gasteiger partial charge in [0.25, 0.3) is 5.91 Å². The van der Waals surface area contributed by atoms with E-state index in [0.29, 0.717) is 29.1 Å². The first-order chi connectivity index (χ1) is 10.6. The predicted molar refractivity (Wildman–Crippen MR) is 93.5 cm³/mol. The van der Waals surface area contributed by atoms with Crippen molar-refractivity contribution in [3.05, 3.63) is 59.9 Å². The SMILES string of the molecule is Cl.NC(=O)c1cccc2c(NCc3cccc(N)c3)ncnc12. The van der Waals surface area contributed by atoms with Gasteiger partial charge in [-0.05, 0) is 29.8 Å². The van der Waals surface area contributed by atoms with Crippen molar-refractivity contribution < 1.29 is 4.79 Å². The van der Waals surface area contributed by atoms with Gasteiger partial charge in [0.1, 0.15) is 12.1 Å². The topological polar surface area (TPSA) is 107 Å². The highest BCUT2D eigenvalue weighted by Gasteiger charge is 2.10. The van der Waals surface area contributed by atoms with Crippen molar-refractivity contribution in [2.75, 3.05) is 11.1 Å². The maximum absolute atomic E-state index is 11.5. The van der Waals surface area contributed by atoms with Crippen LogP contribution in [0.15, 0.2) is 48.8 Å². The lowest BCUT2D eigenvalue weighted by Crippen LogP contribution is -2.12. The number of nitrogen functional groups attached to an aromatic ring is 1. The molecule has 0 spiro atoms. The van der Waals surface area contributed by atoms with Crippen LogP contribution < -0.4 is 16.8 Å². The monoisotopic (exact) mass is 329 g/mol. The van der Waals surface area contributed by atoms with Crippen molar-refractivity contribution >= 4 is 40.7 Å². The number of hydrogen-bond acceptors (Lipinski definition) is 5. The summed E-state index contributed by atoms with van der Waals surface area (Å²) in [6.07, 6.45) is 1.41. The summed E-state index contributed by atoms with van der Waals surface area (Å²) in [5, 5.41) is 3.99. The van der Waals surface area contributed by atoms with E-state index in [1.807, 2.05) is 30.3 Å². The molecule has 1 heterocycles. The molecule has 0 unspecified atom stereocenters. The van der Waals surface area contributed by atoms with Gasteiger partial charge in [0.05, 0.1) is 11.1 Å². The molecule has 0 bridgehead atoms. The predicted octanol–water partition coefficient (Wildman–Crippen LogP) is 2.34. The Morgan fingerprint density at radius 2 is 1.91 bits per heavy atom. The van der Waals surface area contributed by atoms with Crippen LogP contribution >= 0.6 is 12.4 Å². The molecule has 1 amide bonds. The van der Waals surface area contributed by atoms with Crippen LogP contribution in [0.5, 0.6) is 0 Å². The van der Waals surface area contributed by atoms with E-state index >= 15 is 0 Å². The van der Waals surface area contributed by atoms with Crippen molar-refractivity contribution in [2.24, 2.45) is 5.73 Å². The number of anilines is 2. The summed E-state index contributed by atoms with van der Waals surface area (Å²) >= 11 is 0. The highest BCUT2D eigenvalue weighted by Crippen LogP contribution is 2.22. The fourth-order valence-electron chi connectivity index (χ4n) is 2.32. The molecule has 3 rings (SSSR count). The smallest absolute Gasteiger partial charge is 0.250 e. The first-order valence-electron chi connectivity index (χ1n) is 6.77. The van der Waals surface area contributed by atoms with Gasteiger partial charge in [0.15, 0.2) is 0 Å². The van der Waals surface area contributed by atoms with Crippen molar-refractivity contribution in [3.63, 3.8) is 0 Å². The molecule has 2 aromatic carbocycles. The Bertz CT molecular complexity index is 853. The fraction of sp³-hybridized carbons (Fsp3) is 0.0625. The van der Waals surface area contributed by atoms with E-state index in [1.165, 1.54) is 6.33 Å². The Kier molecular flexibility index (Phi) is 4.98. The summed E-state index contributed by atoms with van der Waals surface area (Å²) in [6.45, 7) is 0.567. The molecule has 6 nitrogen and oxygen atoms in total. The number of amides is 1. The molecule has 0 atom stereocenters. The molecular formula is C16H16ClN5O. The lowest BCUT2D eigenvalue weighted by molar-refractivity contribution is 0.100. The van der Waals surface area contributed by atoms with Crippen molar-refractivity contribution in [2.45, 2.75) is 6.54 Å². The first-order valence-corrected chi connectivity index (χ1v) is 6.77. The standard InChI is InChI=1S/C16H15N5O.ClH/c17-11-4-1-3-10(7-11)8-19-16-13-6-2-5-12(15(18)22)14(13)20-9-21-16;/h1-7,9H,8,17H2,(H2,18,22)(H,19,20,21);1H. The fourth-order valence-corrected chi connectivity index (χ4v) is 2.32. The van der Waals surface area contributed by atoms with E-state index < -0.39 is 5.91 Å². The molecule has 5 N–H and O–H groups in total. The minimum Gasteiger partial charge on any atom is -0.399 e. The molecular weight excluding hydrogens is 314 g/mol. The molecule has 0 aliphatic heterocycles. The van der Waals surface area contributed by atoms with Gasteiger partial charge < -0.3 is 16.8 Å². The third-order valence-corrected chi connectivity index (χ3v) is 3.34. The lowest BCUT2D eigenvalue weighted by atomic mass is 10.1. The van der Waals surface area contributed by atoms with Gasteiger partial charge in [-0.25, -0.2) is 9.97 Å². The van der Waals surface area contributed by atoms with Crippen LogP contribution in [0.2, 0.25) is 0 Å². The average Bonchev–Trinajstić information content (AvgIpc) is 2.52. The first kappa shape index (κ1) is 16.5. The summed E-state index contributed by atoms with van der Waals surface area (Å²) in [5.41, 5.74) is 13.8. The molecule has 0 radical (unpaired) electrons. The molecule has 0 aliphatic carbocycles. The second kappa shape index (κ2) is 6.93. The number of nitrogens with two attached hydrogens (primary N) is 2. The van der Waals surface area contributed by atoms with E-state index in [2.05, 4.69) is 15.3 Å². The summed E-state index contributed by atoms with van der Waals surface area (Å²) in [6, 6.07) is 12.9. The van der Waals surface area contributed by atoms with Crippen LogP contribution in [0.25, 0.3) is 10.9 Å². The second-order valence-corrected chi connectivity index (χ2v) is 4.89. The number of rotatable bonds is 4. The number of para-hydroxylation sites is 1. The lowest BCUT2D eigenvalue weighted by Gasteiger charge is -2.10. The van der Waals surface area contributed by atoms with Crippen LogP contribution in [0.1, 0.15) is 15.9 Å². The third-order valence-electron chi connectivity index (χ3n) is 3.34. The summed E-state index contributed by atoms with van der Waals surface area (Å²) in [5.74, 6) is 0.140. The van der Waals surface area contributed by atoms with Crippen molar-refractivity contribution in [1.82, 2.24) is 9.97 Å². The zero-order chi connectivity index (χ0) is 15.5. The number of carbonyl (C=O) groups is 1. The molecule has 1 aromatic heterocycles. The highest BCUT2D eigenvalue weighted by atomic mass is 35.5. The molecule has 0 aliphatic rings. The van der Waals surface area contributed by atoms with Gasteiger partial charge in [0, 0.05) is 17.6 Å². The van der Waals surface area contributed by atoms with Crippen LogP contribution in [-0.2, 0) is 6.54 Å².